The van der Waals surface area contributed by atoms with Gasteiger partial charge >= 0.3 is 12.1 Å². The fourth-order valence-corrected chi connectivity index (χ4v) is 3.50. The Kier molecular flexibility index (Phi) is 6.51. The maximum Gasteiger partial charge on any atom is 0.408 e. The van der Waals surface area contributed by atoms with E-state index in [1.54, 1.807) is 0 Å². The lowest BCUT2D eigenvalue weighted by molar-refractivity contribution is -0.139. The quantitative estimate of drug-likeness (QED) is 0.414. The van der Waals surface area contributed by atoms with E-state index in [4.69, 9.17) is 9.15 Å². The summed E-state index contributed by atoms with van der Waals surface area (Å²) < 4.78 is 11.2. The number of hydrogen-bond donors (Lipinski definition) is 2. The molecule has 1 unspecified atom stereocenters. The maximum atomic E-state index is 12.2. The average molecular weight is 429 g/mol. The van der Waals surface area contributed by atoms with Gasteiger partial charge in [0, 0.05) is 18.2 Å². The van der Waals surface area contributed by atoms with E-state index >= 15 is 0 Å². The minimum absolute atomic E-state index is 0.0264. The Labute approximate surface area is 185 Å². The molecule has 4 rings (SSSR count). The number of carboxylic acids is 1. The van der Waals surface area contributed by atoms with Crippen LogP contribution < -0.4 is 5.32 Å². The molecule has 0 bridgehead atoms. The molecule has 0 fully saturated rings. The smallest absolute Gasteiger partial charge is 0.408 e. The number of alkyl carbamates (subject to hydrolysis) is 1. The highest BCUT2D eigenvalue weighted by Gasteiger charge is 2.21. The molecule has 4 aromatic rings. The number of nitrogens with one attached hydrogen (secondary N) is 1. The second kappa shape index (κ2) is 9.83. The summed E-state index contributed by atoms with van der Waals surface area (Å²) in [5.41, 5.74) is 3.53. The number of benzene rings is 3. The fraction of sp³-hybridized carbons (Fsp3) is 0.154. The van der Waals surface area contributed by atoms with Crippen molar-refractivity contribution in [3.05, 3.63) is 107 Å². The molecule has 0 aliphatic rings. The summed E-state index contributed by atoms with van der Waals surface area (Å²) in [5.74, 6) is -0.260. The lowest BCUT2D eigenvalue weighted by atomic mass is 10.1. The Morgan fingerprint density at radius 1 is 0.875 bits per heavy atom. The number of ether oxygens (including phenoxy) is 1. The monoisotopic (exact) mass is 429 g/mol. The minimum atomic E-state index is -1.11. The number of amides is 1. The molecular weight excluding hydrogens is 406 g/mol. The number of fused-ring (bicyclic) bond motifs is 1. The van der Waals surface area contributed by atoms with E-state index in [9.17, 15) is 14.7 Å². The summed E-state index contributed by atoms with van der Waals surface area (Å²) in [6, 6.07) is 25.7. The highest BCUT2D eigenvalue weighted by molar-refractivity contribution is 5.81. The van der Waals surface area contributed by atoms with Crippen molar-refractivity contribution in [3.8, 4) is 0 Å². The van der Waals surface area contributed by atoms with Crippen molar-refractivity contribution in [2.45, 2.75) is 25.5 Å². The zero-order chi connectivity index (χ0) is 22.3. The summed E-state index contributed by atoms with van der Waals surface area (Å²) in [7, 11) is 0. The van der Waals surface area contributed by atoms with Crippen molar-refractivity contribution < 1.29 is 23.8 Å². The molecule has 3 aromatic carbocycles. The van der Waals surface area contributed by atoms with Crippen LogP contribution in [0.4, 0.5) is 4.79 Å². The third-order valence-electron chi connectivity index (χ3n) is 5.10. The SMILES string of the molecule is O=C(NC(Cc1ccccc1)C(=O)O)OCc1ccc2oc(Cc3ccccc3)cc2c1. The van der Waals surface area contributed by atoms with Crippen LogP contribution >= 0.6 is 0 Å². The van der Waals surface area contributed by atoms with Gasteiger partial charge in [-0.05, 0) is 34.9 Å². The van der Waals surface area contributed by atoms with Crippen LogP contribution in [-0.2, 0) is 29.0 Å². The zero-order valence-corrected chi connectivity index (χ0v) is 17.4. The fourth-order valence-electron chi connectivity index (χ4n) is 3.50. The van der Waals surface area contributed by atoms with Gasteiger partial charge < -0.3 is 19.6 Å². The van der Waals surface area contributed by atoms with E-state index in [0.717, 1.165) is 33.4 Å². The van der Waals surface area contributed by atoms with Crippen LogP contribution in [-0.4, -0.2) is 23.2 Å². The number of furan rings is 1. The van der Waals surface area contributed by atoms with Crippen molar-refractivity contribution in [2.75, 3.05) is 0 Å². The molecule has 1 amide bonds. The first-order chi connectivity index (χ1) is 15.6. The average Bonchev–Trinajstić information content (AvgIpc) is 3.20. The van der Waals surface area contributed by atoms with Crippen molar-refractivity contribution >= 4 is 23.0 Å². The molecule has 2 N–H and O–H groups in total. The molecule has 0 radical (unpaired) electrons. The van der Waals surface area contributed by atoms with E-state index in [1.807, 2.05) is 84.9 Å². The molecular formula is C26H23NO5. The Morgan fingerprint density at radius 3 is 2.25 bits per heavy atom. The van der Waals surface area contributed by atoms with E-state index in [-0.39, 0.29) is 13.0 Å². The van der Waals surface area contributed by atoms with Crippen molar-refractivity contribution in [3.63, 3.8) is 0 Å². The van der Waals surface area contributed by atoms with E-state index in [2.05, 4.69) is 5.32 Å². The molecule has 1 heterocycles. The van der Waals surface area contributed by atoms with Gasteiger partial charge in [0.25, 0.3) is 0 Å². The largest absolute Gasteiger partial charge is 0.480 e. The molecule has 0 spiro atoms. The lowest BCUT2D eigenvalue weighted by Gasteiger charge is -2.14. The number of carbonyl (C=O) groups is 2. The molecule has 1 aromatic heterocycles. The summed E-state index contributed by atoms with van der Waals surface area (Å²) in [5, 5.41) is 12.8. The molecule has 0 saturated heterocycles. The minimum Gasteiger partial charge on any atom is -0.480 e. The van der Waals surface area contributed by atoms with Crippen molar-refractivity contribution in [1.82, 2.24) is 5.32 Å². The predicted molar refractivity (Wildman–Crippen MR) is 120 cm³/mol. The van der Waals surface area contributed by atoms with Gasteiger partial charge in [0.15, 0.2) is 0 Å². The normalized spacial score (nSPS) is 11.8. The summed E-state index contributed by atoms with van der Waals surface area (Å²) in [6.45, 7) is 0.0264. The van der Waals surface area contributed by atoms with Crippen molar-refractivity contribution in [2.24, 2.45) is 0 Å². The van der Waals surface area contributed by atoms with Gasteiger partial charge in [-0.1, -0.05) is 66.7 Å². The number of carbonyl (C=O) groups excluding carboxylic acids is 1. The topological polar surface area (TPSA) is 88.8 Å². The van der Waals surface area contributed by atoms with Crippen LogP contribution in [0.15, 0.2) is 89.3 Å². The summed E-state index contributed by atoms with van der Waals surface area (Å²) in [4.78, 5) is 23.7. The first-order valence-electron chi connectivity index (χ1n) is 10.3. The highest BCUT2D eigenvalue weighted by Crippen LogP contribution is 2.23. The van der Waals surface area contributed by atoms with Crippen molar-refractivity contribution in [1.29, 1.82) is 0 Å². The summed E-state index contributed by atoms with van der Waals surface area (Å²) in [6.07, 6.45) is 0.100. The molecule has 6 heteroatoms. The summed E-state index contributed by atoms with van der Waals surface area (Å²) >= 11 is 0. The van der Waals surface area contributed by atoms with E-state index in [0.29, 0.717) is 6.42 Å². The van der Waals surface area contributed by atoms with Gasteiger partial charge in [-0.15, -0.1) is 0 Å². The first kappa shape index (κ1) is 21.2. The highest BCUT2D eigenvalue weighted by atomic mass is 16.5. The lowest BCUT2D eigenvalue weighted by Crippen LogP contribution is -2.42. The van der Waals surface area contributed by atoms with E-state index < -0.39 is 18.1 Å². The molecule has 1 atom stereocenters. The van der Waals surface area contributed by atoms with E-state index in [1.165, 1.54) is 0 Å². The standard InChI is InChI=1S/C26H23NO5/c28-25(29)23(15-19-9-5-2-6-10-19)27-26(30)31-17-20-11-12-24-21(13-20)16-22(32-24)14-18-7-3-1-4-8-18/h1-13,16,23H,14-15,17H2,(H,27,30)(H,28,29). The van der Waals surface area contributed by atoms with Gasteiger partial charge in [-0.25, -0.2) is 9.59 Å². The number of rotatable bonds is 8. The number of carboxylic acid groups (broad SMARTS) is 1. The van der Waals surface area contributed by atoms with Crippen LogP contribution in [0.3, 0.4) is 0 Å². The third-order valence-corrected chi connectivity index (χ3v) is 5.10. The Bertz CT molecular complexity index is 1200. The molecule has 162 valence electrons. The second-order valence-electron chi connectivity index (χ2n) is 7.55. The van der Waals surface area contributed by atoms with Crippen LogP contribution in [0.5, 0.6) is 0 Å². The Balaban J connectivity index is 1.35. The van der Waals surface area contributed by atoms with Crippen LogP contribution in [0.1, 0.15) is 22.5 Å². The van der Waals surface area contributed by atoms with Gasteiger partial charge in [0.05, 0.1) is 0 Å². The van der Waals surface area contributed by atoms with Crippen LogP contribution in [0.2, 0.25) is 0 Å². The Morgan fingerprint density at radius 2 is 1.56 bits per heavy atom. The van der Waals surface area contributed by atoms with Crippen LogP contribution in [0.25, 0.3) is 11.0 Å². The maximum absolute atomic E-state index is 12.2. The number of aliphatic carboxylic acids is 1. The third kappa shape index (κ3) is 5.55. The molecule has 0 saturated carbocycles. The van der Waals surface area contributed by atoms with Crippen LogP contribution in [0, 0.1) is 0 Å². The molecule has 0 aliphatic heterocycles. The first-order valence-corrected chi connectivity index (χ1v) is 10.3. The molecule has 32 heavy (non-hydrogen) atoms. The van der Waals surface area contributed by atoms with Gasteiger partial charge in [-0.3, -0.25) is 0 Å². The van der Waals surface area contributed by atoms with Gasteiger partial charge in [0.1, 0.15) is 24.0 Å². The van der Waals surface area contributed by atoms with Gasteiger partial charge in [0.2, 0.25) is 0 Å². The molecule has 6 nitrogen and oxygen atoms in total. The second-order valence-corrected chi connectivity index (χ2v) is 7.55. The zero-order valence-electron chi connectivity index (χ0n) is 17.4. The predicted octanol–water partition coefficient (Wildman–Crippen LogP) is 4.95. The van der Waals surface area contributed by atoms with Gasteiger partial charge in [-0.2, -0.15) is 0 Å². The molecule has 0 aliphatic carbocycles. The Hall–Kier alpha value is -4.06. The number of hydrogen-bond acceptors (Lipinski definition) is 4.